The van der Waals surface area contributed by atoms with Gasteiger partial charge in [-0.1, -0.05) is 23.7 Å². The number of hydrogen-bond donors (Lipinski definition) is 1. The summed E-state index contributed by atoms with van der Waals surface area (Å²) >= 11 is 5.82. The van der Waals surface area contributed by atoms with Crippen LogP contribution >= 0.6 is 11.6 Å². The number of amides is 1. The topological polar surface area (TPSA) is 75.7 Å². The van der Waals surface area contributed by atoms with Gasteiger partial charge < -0.3 is 10.1 Å². The van der Waals surface area contributed by atoms with Crippen LogP contribution in [0.5, 0.6) is 5.75 Å². The van der Waals surface area contributed by atoms with E-state index < -0.39 is 22.7 Å². The minimum atomic E-state index is -3.64. The van der Waals surface area contributed by atoms with Crippen LogP contribution < -0.4 is 10.1 Å². The van der Waals surface area contributed by atoms with E-state index in [-0.39, 0.29) is 35.6 Å². The van der Waals surface area contributed by atoms with Gasteiger partial charge >= 0.3 is 6.61 Å². The zero-order chi connectivity index (χ0) is 22.6. The van der Waals surface area contributed by atoms with E-state index in [4.69, 9.17) is 11.6 Å². The summed E-state index contributed by atoms with van der Waals surface area (Å²) < 4.78 is 56.1. The summed E-state index contributed by atoms with van der Waals surface area (Å²) in [7, 11) is -3.64. The molecule has 2 aromatic carbocycles. The first kappa shape index (κ1) is 23.4. The van der Waals surface area contributed by atoms with Crippen molar-refractivity contribution in [3.63, 3.8) is 0 Å². The molecule has 1 amide bonds. The molecular formula is C21H23ClF2N2O4S. The second kappa shape index (κ2) is 9.93. The first-order valence-corrected chi connectivity index (χ1v) is 11.6. The number of nitrogens with zero attached hydrogens (tertiary/aromatic N) is 1. The normalized spacial score (nSPS) is 16.8. The predicted molar refractivity (Wildman–Crippen MR) is 113 cm³/mol. The second-order valence-corrected chi connectivity index (χ2v) is 9.69. The van der Waals surface area contributed by atoms with Crippen molar-refractivity contribution in [3.05, 3.63) is 59.1 Å². The number of rotatable bonds is 7. The van der Waals surface area contributed by atoms with Gasteiger partial charge in [-0.3, -0.25) is 4.79 Å². The summed E-state index contributed by atoms with van der Waals surface area (Å²) in [5.41, 5.74) is 0.634. The summed E-state index contributed by atoms with van der Waals surface area (Å²) in [6.45, 7) is -0.710. The van der Waals surface area contributed by atoms with Crippen LogP contribution in [0, 0.1) is 5.92 Å². The summed E-state index contributed by atoms with van der Waals surface area (Å²) in [5.74, 6) is -0.509. The van der Waals surface area contributed by atoms with Crippen LogP contribution in [0.2, 0.25) is 5.02 Å². The molecule has 0 spiro atoms. The number of sulfonamides is 1. The monoisotopic (exact) mass is 472 g/mol. The molecule has 1 heterocycles. The number of benzene rings is 2. The van der Waals surface area contributed by atoms with Crippen LogP contribution in [0.1, 0.15) is 31.4 Å². The molecule has 1 saturated heterocycles. The van der Waals surface area contributed by atoms with Crippen molar-refractivity contribution >= 4 is 27.5 Å². The molecule has 1 unspecified atom stereocenters. The lowest BCUT2D eigenvalue weighted by Gasteiger charge is -2.31. The van der Waals surface area contributed by atoms with Gasteiger partial charge in [0.15, 0.2) is 0 Å². The molecule has 6 nitrogen and oxygen atoms in total. The van der Waals surface area contributed by atoms with Crippen molar-refractivity contribution in [2.45, 2.75) is 37.3 Å². The predicted octanol–water partition coefficient (Wildman–Crippen LogP) is 4.22. The largest absolute Gasteiger partial charge is 0.435 e. The molecule has 1 atom stereocenters. The maximum Gasteiger partial charge on any atom is 0.387 e. The summed E-state index contributed by atoms with van der Waals surface area (Å²) in [6, 6.07) is 11.7. The Labute approximate surface area is 185 Å². The number of halogens is 3. The summed E-state index contributed by atoms with van der Waals surface area (Å²) in [6.07, 6.45) is 0.778. The highest BCUT2D eigenvalue weighted by molar-refractivity contribution is 7.89. The summed E-state index contributed by atoms with van der Waals surface area (Å²) in [4.78, 5) is 12.8. The quantitative estimate of drug-likeness (QED) is 0.654. The highest BCUT2D eigenvalue weighted by Crippen LogP contribution is 2.26. The number of piperidine rings is 1. The van der Waals surface area contributed by atoms with Crippen molar-refractivity contribution in [2.75, 3.05) is 13.1 Å². The smallest absolute Gasteiger partial charge is 0.387 e. The van der Waals surface area contributed by atoms with Gasteiger partial charge in [0.2, 0.25) is 15.9 Å². The molecule has 0 aliphatic carbocycles. The van der Waals surface area contributed by atoms with Crippen molar-refractivity contribution in [3.8, 4) is 5.75 Å². The van der Waals surface area contributed by atoms with Crippen molar-refractivity contribution < 1.29 is 26.7 Å². The van der Waals surface area contributed by atoms with Gasteiger partial charge in [-0.15, -0.1) is 0 Å². The number of carbonyl (C=O) groups is 1. The number of alkyl halides is 2. The molecule has 3 rings (SSSR count). The van der Waals surface area contributed by atoms with Crippen LogP contribution in [0.3, 0.4) is 0 Å². The van der Waals surface area contributed by atoms with E-state index in [2.05, 4.69) is 10.1 Å². The Morgan fingerprint density at radius 3 is 2.42 bits per heavy atom. The van der Waals surface area contributed by atoms with E-state index in [1.807, 2.05) is 0 Å². The molecule has 0 radical (unpaired) electrons. The molecule has 0 bridgehead atoms. The van der Waals surface area contributed by atoms with Crippen LogP contribution in [0.15, 0.2) is 53.4 Å². The van der Waals surface area contributed by atoms with Crippen LogP contribution in [-0.2, 0) is 14.8 Å². The van der Waals surface area contributed by atoms with Crippen LogP contribution in [0.4, 0.5) is 8.78 Å². The number of ether oxygens (including phenoxy) is 1. The lowest BCUT2D eigenvalue weighted by molar-refractivity contribution is -0.126. The third kappa shape index (κ3) is 5.93. The summed E-state index contributed by atoms with van der Waals surface area (Å²) in [5, 5.41) is 3.33. The molecule has 0 aromatic heterocycles. The highest BCUT2D eigenvalue weighted by atomic mass is 35.5. The van der Waals surface area contributed by atoms with E-state index >= 15 is 0 Å². The van der Waals surface area contributed by atoms with Gasteiger partial charge in [-0.25, -0.2) is 8.42 Å². The van der Waals surface area contributed by atoms with E-state index in [9.17, 15) is 22.0 Å². The number of carbonyl (C=O) groups excluding carboxylic acids is 1. The van der Waals surface area contributed by atoms with Gasteiger partial charge in [0, 0.05) is 24.0 Å². The standard InChI is InChI=1S/C21H23ClF2N2O4S/c1-14(16-3-2-4-18(13-16)30-21(23)24)25-20(27)15-9-11-26(12-10-15)31(28,29)19-7-5-17(22)6-8-19/h2-8,13-15,21H,9-12H2,1H3,(H,25,27). The minimum Gasteiger partial charge on any atom is -0.435 e. The molecule has 1 aliphatic rings. The maximum atomic E-state index is 12.8. The molecule has 1 N–H and O–H groups in total. The zero-order valence-corrected chi connectivity index (χ0v) is 18.4. The molecule has 31 heavy (non-hydrogen) atoms. The van der Waals surface area contributed by atoms with Crippen molar-refractivity contribution in [1.82, 2.24) is 9.62 Å². The van der Waals surface area contributed by atoms with E-state index in [1.165, 1.54) is 40.7 Å². The average Bonchev–Trinajstić information content (AvgIpc) is 2.74. The highest BCUT2D eigenvalue weighted by Gasteiger charge is 2.32. The molecule has 2 aromatic rings. The van der Waals surface area contributed by atoms with Gasteiger partial charge in [0.05, 0.1) is 10.9 Å². The second-order valence-electron chi connectivity index (χ2n) is 7.31. The van der Waals surface area contributed by atoms with Crippen molar-refractivity contribution in [2.24, 2.45) is 5.92 Å². The number of nitrogens with one attached hydrogen (secondary N) is 1. The molecule has 0 saturated carbocycles. The van der Waals surface area contributed by atoms with Crippen molar-refractivity contribution in [1.29, 1.82) is 0 Å². The SMILES string of the molecule is CC(NC(=O)C1CCN(S(=O)(=O)c2ccc(Cl)cc2)CC1)c1cccc(OC(F)F)c1. The van der Waals surface area contributed by atoms with Crippen LogP contribution in [0.25, 0.3) is 0 Å². The Bertz CT molecular complexity index is 1010. The number of hydrogen-bond acceptors (Lipinski definition) is 4. The third-order valence-electron chi connectivity index (χ3n) is 5.22. The lowest BCUT2D eigenvalue weighted by atomic mass is 9.96. The molecule has 10 heteroatoms. The van der Waals surface area contributed by atoms with Gasteiger partial charge in [-0.05, 0) is 61.7 Å². The van der Waals surface area contributed by atoms with E-state index in [0.717, 1.165) is 0 Å². The fraction of sp³-hybridized carbons (Fsp3) is 0.381. The lowest BCUT2D eigenvalue weighted by Crippen LogP contribution is -2.43. The van der Waals surface area contributed by atoms with Gasteiger partial charge in [0.25, 0.3) is 0 Å². The fourth-order valence-electron chi connectivity index (χ4n) is 3.49. The first-order valence-electron chi connectivity index (χ1n) is 9.77. The van der Waals surface area contributed by atoms with E-state index in [0.29, 0.717) is 23.4 Å². The Balaban J connectivity index is 1.57. The van der Waals surface area contributed by atoms with E-state index in [1.54, 1.807) is 19.1 Å². The molecule has 168 valence electrons. The Hall–Kier alpha value is -2.23. The van der Waals surface area contributed by atoms with Gasteiger partial charge in [0.1, 0.15) is 5.75 Å². The first-order chi connectivity index (χ1) is 14.7. The maximum absolute atomic E-state index is 12.8. The minimum absolute atomic E-state index is 0.0225. The Morgan fingerprint density at radius 1 is 1.16 bits per heavy atom. The Kier molecular flexibility index (Phi) is 7.51. The zero-order valence-electron chi connectivity index (χ0n) is 16.8. The Morgan fingerprint density at radius 2 is 1.81 bits per heavy atom. The molecule has 1 fully saturated rings. The van der Waals surface area contributed by atoms with Gasteiger partial charge in [-0.2, -0.15) is 13.1 Å². The van der Waals surface area contributed by atoms with Crippen LogP contribution in [-0.4, -0.2) is 38.3 Å². The molecular weight excluding hydrogens is 450 g/mol. The molecule has 1 aliphatic heterocycles. The third-order valence-corrected chi connectivity index (χ3v) is 7.38. The fourth-order valence-corrected chi connectivity index (χ4v) is 5.08. The average molecular weight is 473 g/mol.